The van der Waals surface area contributed by atoms with Crippen LogP contribution in [0, 0.1) is 55.4 Å². The Labute approximate surface area is 591 Å². The Morgan fingerprint density at radius 3 is 0.500 bits per heavy atom. The third-order valence-electron chi connectivity index (χ3n) is 19.1. The maximum absolute atomic E-state index is 2.43. The minimum atomic E-state index is 1.04. The zero-order valence-corrected chi connectivity index (χ0v) is 58.4. The molecular formula is C98H82N2. The van der Waals surface area contributed by atoms with Crippen LogP contribution in [0.3, 0.4) is 0 Å². The van der Waals surface area contributed by atoms with Crippen LogP contribution in [0.5, 0.6) is 0 Å². The third-order valence-corrected chi connectivity index (χ3v) is 19.1. The Kier molecular flexibility index (Phi) is 19.1. The molecule has 0 unspecified atom stereocenters. The number of aryl methyl sites for hydroxylation is 8. The van der Waals surface area contributed by atoms with E-state index in [0.29, 0.717) is 0 Å². The first kappa shape index (κ1) is 65.2. The van der Waals surface area contributed by atoms with Crippen LogP contribution in [0.4, 0.5) is 34.1 Å². The van der Waals surface area contributed by atoms with E-state index in [1.165, 1.54) is 111 Å². The average molecular weight is 1290 g/mol. The number of hydrogen-bond acceptors (Lipinski definition) is 2. The van der Waals surface area contributed by atoms with E-state index in [9.17, 15) is 0 Å². The molecule has 100 heavy (non-hydrogen) atoms. The van der Waals surface area contributed by atoms with Gasteiger partial charge in [0.15, 0.2) is 0 Å². The molecule has 2 nitrogen and oxygen atoms in total. The van der Waals surface area contributed by atoms with E-state index in [-0.39, 0.29) is 0 Å². The van der Waals surface area contributed by atoms with E-state index in [2.05, 4.69) is 417 Å². The molecule has 0 saturated heterocycles. The first-order chi connectivity index (χ1) is 48.8. The zero-order valence-electron chi connectivity index (χ0n) is 58.4. The van der Waals surface area contributed by atoms with E-state index in [4.69, 9.17) is 0 Å². The summed E-state index contributed by atoms with van der Waals surface area (Å²) in [5.41, 5.74) is 34.8. The van der Waals surface area contributed by atoms with E-state index in [1.807, 2.05) is 0 Å². The first-order valence-corrected chi connectivity index (χ1v) is 34.7. The van der Waals surface area contributed by atoms with Gasteiger partial charge in [-0.25, -0.2) is 0 Å². The molecule has 0 radical (unpaired) electrons. The fourth-order valence-corrected chi connectivity index (χ4v) is 13.3. The molecule has 0 fully saturated rings. The van der Waals surface area contributed by atoms with Crippen LogP contribution in [0.25, 0.3) is 57.4 Å². The summed E-state index contributed by atoms with van der Waals surface area (Å²) < 4.78 is 0. The normalized spacial score (nSPS) is 11.0. The topological polar surface area (TPSA) is 6.48 Å². The highest BCUT2D eigenvalue weighted by molar-refractivity contribution is 6.08. The predicted octanol–water partition coefficient (Wildman–Crippen LogP) is 26.6. The minimum absolute atomic E-state index is 1.04. The van der Waals surface area contributed by atoms with Crippen LogP contribution >= 0.6 is 0 Å². The summed E-state index contributed by atoms with van der Waals surface area (Å²) in [6.07, 6.45) is 9.31. The van der Waals surface area contributed by atoms with Gasteiger partial charge in [0.1, 0.15) is 0 Å². The second kappa shape index (κ2) is 29.3. The molecule has 0 N–H and O–H groups in total. The van der Waals surface area contributed by atoms with Gasteiger partial charge in [-0.2, -0.15) is 0 Å². The lowest BCUT2D eigenvalue weighted by molar-refractivity contribution is 1.27. The van der Waals surface area contributed by atoms with Crippen LogP contribution < -0.4 is 9.80 Å². The van der Waals surface area contributed by atoms with Crippen molar-refractivity contribution in [3.8, 4) is 0 Å². The van der Waals surface area contributed by atoms with Gasteiger partial charge < -0.3 is 9.80 Å². The molecule has 0 spiro atoms. The Balaban J connectivity index is 0.915. The molecular weight excluding hydrogens is 1210 g/mol. The number of nitrogens with zero attached hydrogens (tertiary/aromatic N) is 2. The zero-order chi connectivity index (χ0) is 68.6. The fraction of sp³-hybridized carbons (Fsp3) is 0.0816. The van der Waals surface area contributed by atoms with Crippen LogP contribution in [0.15, 0.2) is 328 Å². The summed E-state index contributed by atoms with van der Waals surface area (Å²) in [6.45, 7) is 17.2. The summed E-state index contributed by atoms with van der Waals surface area (Å²) in [5, 5.41) is 2.22. The lowest BCUT2D eigenvalue weighted by atomic mass is 9.94. The van der Waals surface area contributed by atoms with E-state index in [1.54, 1.807) is 0 Å². The van der Waals surface area contributed by atoms with Crippen molar-refractivity contribution in [2.24, 2.45) is 0 Å². The summed E-state index contributed by atoms with van der Waals surface area (Å²) >= 11 is 0. The Bertz CT molecular complexity index is 4460. The first-order valence-electron chi connectivity index (χ1n) is 34.7. The predicted molar refractivity (Wildman–Crippen MR) is 431 cm³/mol. The van der Waals surface area contributed by atoms with Crippen molar-refractivity contribution in [2.45, 2.75) is 55.4 Å². The molecule has 484 valence electrons. The molecule has 14 rings (SSSR count). The Hall–Kier alpha value is -12.1. The summed E-state index contributed by atoms with van der Waals surface area (Å²) in [5.74, 6) is 0. The van der Waals surface area contributed by atoms with Gasteiger partial charge in [-0.05, 0) is 229 Å². The van der Waals surface area contributed by atoms with Gasteiger partial charge in [0.05, 0.1) is 11.4 Å². The van der Waals surface area contributed by atoms with Crippen molar-refractivity contribution in [3.05, 3.63) is 439 Å². The molecule has 0 heterocycles. The highest BCUT2D eigenvalue weighted by atomic mass is 15.2. The largest absolute Gasteiger partial charge is 0.310 e. The molecule has 0 bridgehead atoms. The fourth-order valence-electron chi connectivity index (χ4n) is 13.3. The molecule has 0 saturated carbocycles. The van der Waals surface area contributed by atoms with Crippen LogP contribution in [-0.2, 0) is 0 Å². The van der Waals surface area contributed by atoms with E-state index in [0.717, 1.165) is 67.2 Å². The van der Waals surface area contributed by atoms with Crippen LogP contribution in [-0.4, -0.2) is 0 Å². The summed E-state index contributed by atoms with van der Waals surface area (Å²) in [7, 11) is 0. The third kappa shape index (κ3) is 14.9. The maximum atomic E-state index is 2.43. The lowest BCUT2D eigenvalue weighted by Gasteiger charge is -2.31. The van der Waals surface area contributed by atoms with Gasteiger partial charge in [-0.1, -0.05) is 311 Å². The molecule has 0 aliphatic heterocycles. The van der Waals surface area contributed by atoms with E-state index >= 15 is 0 Å². The highest BCUT2D eigenvalue weighted by Gasteiger charge is 2.22. The number of fused-ring (bicyclic) bond motifs is 1. The average Bonchev–Trinajstić information content (AvgIpc) is 0.753. The molecule has 0 aromatic heterocycles. The van der Waals surface area contributed by atoms with Gasteiger partial charge in [0, 0.05) is 33.5 Å². The molecule has 0 aliphatic rings. The van der Waals surface area contributed by atoms with Gasteiger partial charge >= 0.3 is 0 Å². The molecule has 0 aliphatic carbocycles. The molecule has 14 aromatic rings. The Morgan fingerprint density at radius 1 is 0.180 bits per heavy atom. The monoisotopic (exact) mass is 1290 g/mol. The second-order valence-electron chi connectivity index (χ2n) is 26.8. The summed E-state index contributed by atoms with van der Waals surface area (Å²) in [4.78, 5) is 4.86. The number of anilines is 6. The van der Waals surface area contributed by atoms with Crippen molar-refractivity contribution < 1.29 is 0 Å². The van der Waals surface area contributed by atoms with Gasteiger partial charge in [-0.15, -0.1) is 0 Å². The number of hydrogen-bond donors (Lipinski definition) is 0. The van der Waals surface area contributed by atoms with Crippen molar-refractivity contribution in [2.75, 3.05) is 9.80 Å². The van der Waals surface area contributed by atoms with Crippen molar-refractivity contribution in [1.82, 2.24) is 0 Å². The molecule has 0 amide bonds. The van der Waals surface area contributed by atoms with Crippen molar-refractivity contribution in [3.63, 3.8) is 0 Å². The van der Waals surface area contributed by atoms with Gasteiger partial charge in [-0.3, -0.25) is 0 Å². The SMILES string of the molecule is Cc1ccc(C(=Cc2ccc(N(c3ccc(C=C(c4ccc(C)cc4)c4ccc(C)cc4)cc3)c3ccc(N(c4ccc(C=C(c5ccc(C)cc5)c5ccc(C)cc5)cc4)c4ccc(C=C(c5ccc(C)cc5)c5ccc(C)cc5)cc4)c4ccccc34)cc2)c2ccc(C)cc2)cc1. The van der Waals surface area contributed by atoms with Crippen LogP contribution in [0.2, 0.25) is 0 Å². The molecule has 14 aromatic carbocycles. The summed E-state index contributed by atoms with van der Waals surface area (Å²) in [6, 6.07) is 121. The second-order valence-corrected chi connectivity index (χ2v) is 26.8. The van der Waals surface area contributed by atoms with Gasteiger partial charge in [0.25, 0.3) is 0 Å². The molecule has 2 heteroatoms. The molecule has 0 atom stereocenters. The lowest BCUT2D eigenvalue weighted by Crippen LogP contribution is -2.13. The Morgan fingerprint density at radius 2 is 0.340 bits per heavy atom. The van der Waals surface area contributed by atoms with E-state index < -0.39 is 0 Å². The standard InChI is InChI=1S/C98H82N2/c1-67-13-37-79(38-14-67)93(80-39-15-68(2)16-40-80)63-75-29-53-87(54-30-75)99(88-55-31-76(32-56-88)64-94(81-41-17-69(3)18-42-81)82-43-19-70(4)20-44-82)97-61-62-98(92-12-10-9-11-91(92)97)100(89-57-33-77(34-58-89)65-95(83-45-21-71(5)22-46-83)84-47-23-72(6)24-48-84)90-59-35-78(36-60-90)66-96(85-49-25-73(7)26-50-85)86-51-27-74(8)28-52-86/h9-66H,1-8H3. The van der Waals surface area contributed by atoms with Gasteiger partial charge in [0.2, 0.25) is 0 Å². The quantitative estimate of drug-likeness (QED) is 0.0790. The number of benzene rings is 14. The minimum Gasteiger partial charge on any atom is -0.310 e. The highest BCUT2D eigenvalue weighted by Crippen LogP contribution is 2.46. The smallest absolute Gasteiger partial charge is 0.0541 e. The van der Waals surface area contributed by atoms with Crippen molar-refractivity contribution in [1.29, 1.82) is 0 Å². The van der Waals surface area contributed by atoms with Crippen LogP contribution in [0.1, 0.15) is 111 Å². The number of rotatable bonds is 18. The maximum Gasteiger partial charge on any atom is 0.0541 e. The van der Waals surface area contributed by atoms with Crippen molar-refractivity contribution >= 4 is 91.5 Å².